The average molecular weight is 382 g/mol. The summed E-state index contributed by atoms with van der Waals surface area (Å²) in [5, 5.41) is 0. The molecule has 0 N–H and O–H groups in total. The molecule has 0 bridgehead atoms. The molecule has 0 aromatic heterocycles. The second-order valence-corrected chi connectivity index (χ2v) is 8.57. The van der Waals surface area contributed by atoms with Crippen LogP contribution in [-0.4, -0.2) is 24.5 Å². The van der Waals surface area contributed by atoms with Gasteiger partial charge in [-0.25, -0.2) is 0 Å². The quantitative estimate of drug-likeness (QED) is 0.387. The molecule has 0 spiro atoms. The lowest BCUT2D eigenvalue weighted by Crippen LogP contribution is -2.37. The van der Waals surface area contributed by atoms with Crippen molar-refractivity contribution in [2.24, 2.45) is 5.92 Å². The summed E-state index contributed by atoms with van der Waals surface area (Å²) >= 11 is 0. The summed E-state index contributed by atoms with van der Waals surface area (Å²) in [5.74, 6) is 1.97. The first-order valence-electron chi connectivity index (χ1n) is 11.6. The molecule has 2 aliphatic rings. The van der Waals surface area contributed by atoms with E-state index in [0.717, 1.165) is 6.42 Å². The lowest BCUT2D eigenvalue weighted by molar-refractivity contribution is 0.160. The fourth-order valence-electron chi connectivity index (χ4n) is 4.50. The van der Waals surface area contributed by atoms with E-state index in [0.29, 0.717) is 12.5 Å². The van der Waals surface area contributed by atoms with E-state index in [4.69, 9.17) is 4.74 Å². The van der Waals surface area contributed by atoms with Crippen LogP contribution in [-0.2, 0) is 11.3 Å². The number of ether oxygens (including phenoxy) is 1. The van der Waals surface area contributed by atoms with Crippen molar-refractivity contribution in [1.82, 2.24) is 4.90 Å². The number of piperidine rings is 1. The smallest absolute Gasteiger partial charge is 0.113 e. The van der Waals surface area contributed by atoms with E-state index in [9.17, 15) is 0 Å². The van der Waals surface area contributed by atoms with Gasteiger partial charge in [0, 0.05) is 13.0 Å². The number of unbranched alkanes of at least 4 members (excludes halogenated alkanes) is 4. The van der Waals surface area contributed by atoms with Crippen LogP contribution >= 0.6 is 0 Å². The first kappa shape index (κ1) is 21.2. The van der Waals surface area contributed by atoms with Gasteiger partial charge in [-0.15, -0.1) is 0 Å². The van der Waals surface area contributed by atoms with Crippen molar-refractivity contribution in [1.29, 1.82) is 0 Å². The Kier molecular flexibility index (Phi) is 8.67. The van der Waals surface area contributed by atoms with Crippen LogP contribution in [0.5, 0.6) is 0 Å². The zero-order chi connectivity index (χ0) is 19.6. The standard InChI is InChI=1S/C26H39NO/c1-3-5-8-14-24-18-25-20-27(16-11-6-4-2)17-15-23(25)19-26(24)28-21-22-12-9-7-10-13-22/h7,9-10,12-13,18,23H,3-6,8,11,14-17,19-21H2,1-2H3. The summed E-state index contributed by atoms with van der Waals surface area (Å²) in [4.78, 5) is 2.68. The molecule has 1 aromatic carbocycles. The summed E-state index contributed by atoms with van der Waals surface area (Å²) in [7, 11) is 0. The van der Waals surface area contributed by atoms with Crippen molar-refractivity contribution < 1.29 is 4.74 Å². The number of nitrogens with zero attached hydrogens (tertiary/aromatic N) is 1. The molecule has 154 valence electrons. The third-order valence-corrected chi connectivity index (χ3v) is 6.26. The minimum Gasteiger partial charge on any atom is -0.493 e. The monoisotopic (exact) mass is 381 g/mol. The second-order valence-electron chi connectivity index (χ2n) is 8.57. The molecule has 1 aliphatic heterocycles. The zero-order valence-corrected chi connectivity index (χ0v) is 18.1. The number of benzene rings is 1. The highest BCUT2D eigenvalue weighted by atomic mass is 16.5. The molecule has 1 saturated heterocycles. The van der Waals surface area contributed by atoms with E-state index in [1.165, 1.54) is 87.9 Å². The van der Waals surface area contributed by atoms with Crippen LogP contribution in [0.1, 0.15) is 77.2 Å². The van der Waals surface area contributed by atoms with Gasteiger partial charge < -0.3 is 4.74 Å². The van der Waals surface area contributed by atoms with Crippen molar-refractivity contribution in [3.8, 4) is 0 Å². The lowest BCUT2D eigenvalue weighted by Gasteiger charge is -2.37. The Morgan fingerprint density at radius 1 is 1.00 bits per heavy atom. The normalized spacial score (nSPS) is 20.1. The van der Waals surface area contributed by atoms with E-state index in [1.807, 2.05) is 0 Å². The van der Waals surface area contributed by atoms with Gasteiger partial charge in [-0.3, -0.25) is 4.90 Å². The third kappa shape index (κ3) is 6.24. The Balaban J connectivity index is 1.67. The molecule has 2 heteroatoms. The van der Waals surface area contributed by atoms with E-state index in [1.54, 1.807) is 5.57 Å². The van der Waals surface area contributed by atoms with E-state index >= 15 is 0 Å². The predicted octanol–water partition coefficient (Wildman–Crippen LogP) is 6.88. The molecule has 2 nitrogen and oxygen atoms in total. The highest BCUT2D eigenvalue weighted by Crippen LogP contribution is 2.37. The van der Waals surface area contributed by atoms with Crippen LogP contribution in [0.25, 0.3) is 0 Å². The van der Waals surface area contributed by atoms with Gasteiger partial charge in [-0.2, -0.15) is 0 Å². The number of hydrogen-bond donors (Lipinski definition) is 0. The maximum Gasteiger partial charge on any atom is 0.113 e. The van der Waals surface area contributed by atoms with Crippen LogP contribution in [0.15, 0.2) is 53.3 Å². The first-order valence-corrected chi connectivity index (χ1v) is 11.6. The Bertz CT molecular complexity index is 646. The molecular weight excluding hydrogens is 342 g/mol. The van der Waals surface area contributed by atoms with Gasteiger partial charge in [0.2, 0.25) is 0 Å². The predicted molar refractivity (Wildman–Crippen MR) is 119 cm³/mol. The third-order valence-electron chi connectivity index (χ3n) is 6.26. The Labute approximate surface area is 172 Å². The molecule has 0 radical (unpaired) electrons. The first-order chi connectivity index (χ1) is 13.8. The van der Waals surface area contributed by atoms with Gasteiger partial charge in [-0.1, -0.05) is 81.5 Å². The van der Waals surface area contributed by atoms with Crippen molar-refractivity contribution in [2.75, 3.05) is 19.6 Å². The van der Waals surface area contributed by atoms with Gasteiger partial charge in [0.1, 0.15) is 12.4 Å². The van der Waals surface area contributed by atoms with Crippen LogP contribution < -0.4 is 0 Å². The SMILES string of the molecule is CCCCCC1=C(OCc2ccccc2)CC2CCN(CCCCC)CC2=C1. The molecule has 1 aromatic rings. The van der Waals surface area contributed by atoms with E-state index in [2.05, 4.69) is 55.2 Å². The zero-order valence-electron chi connectivity index (χ0n) is 18.1. The van der Waals surface area contributed by atoms with Crippen LogP contribution in [0.4, 0.5) is 0 Å². The van der Waals surface area contributed by atoms with Gasteiger partial charge in [0.05, 0.1) is 0 Å². The topological polar surface area (TPSA) is 12.5 Å². The number of hydrogen-bond acceptors (Lipinski definition) is 2. The van der Waals surface area contributed by atoms with Crippen molar-refractivity contribution in [3.63, 3.8) is 0 Å². The highest BCUT2D eigenvalue weighted by Gasteiger charge is 2.29. The van der Waals surface area contributed by atoms with E-state index < -0.39 is 0 Å². The van der Waals surface area contributed by atoms with Crippen molar-refractivity contribution >= 4 is 0 Å². The summed E-state index contributed by atoms with van der Waals surface area (Å²) in [5.41, 5.74) is 4.41. The Hall–Kier alpha value is -1.54. The molecule has 28 heavy (non-hydrogen) atoms. The molecule has 3 rings (SSSR count). The maximum absolute atomic E-state index is 6.39. The summed E-state index contributed by atoms with van der Waals surface area (Å²) in [6.45, 7) is 8.98. The minimum absolute atomic E-state index is 0.697. The molecule has 0 saturated carbocycles. The maximum atomic E-state index is 6.39. The van der Waals surface area contributed by atoms with Gasteiger partial charge in [0.25, 0.3) is 0 Å². The van der Waals surface area contributed by atoms with Gasteiger partial charge in [-0.05, 0) is 55.8 Å². The van der Waals surface area contributed by atoms with Gasteiger partial charge in [0.15, 0.2) is 0 Å². The molecule has 1 aliphatic carbocycles. The number of fused-ring (bicyclic) bond motifs is 1. The Morgan fingerprint density at radius 2 is 1.79 bits per heavy atom. The number of allylic oxidation sites excluding steroid dienone is 3. The molecule has 1 atom stereocenters. The molecule has 1 unspecified atom stereocenters. The van der Waals surface area contributed by atoms with Crippen LogP contribution in [0.2, 0.25) is 0 Å². The lowest BCUT2D eigenvalue weighted by atomic mass is 9.81. The average Bonchev–Trinajstić information content (AvgIpc) is 2.73. The summed E-state index contributed by atoms with van der Waals surface area (Å²) in [6, 6.07) is 10.6. The van der Waals surface area contributed by atoms with Crippen molar-refractivity contribution in [3.05, 3.63) is 58.9 Å². The largest absolute Gasteiger partial charge is 0.493 e. The van der Waals surface area contributed by atoms with E-state index in [-0.39, 0.29) is 0 Å². The number of rotatable bonds is 11. The molecule has 0 amide bonds. The van der Waals surface area contributed by atoms with Crippen LogP contribution in [0, 0.1) is 5.92 Å². The molecular formula is C26H39NO. The highest BCUT2D eigenvalue weighted by molar-refractivity contribution is 5.35. The fraction of sp³-hybridized carbons (Fsp3) is 0.615. The Morgan fingerprint density at radius 3 is 2.57 bits per heavy atom. The summed E-state index contributed by atoms with van der Waals surface area (Å²) < 4.78 is 6.39. The summed E-state index contributed by atoms with van der Waals surface area (Å²) in [6.07, 6.45) is 14.0. The minimum atomic E-state index is 0.697. The van der Waals surface area contributed by atoms with Crippen molar-refractivity contribution in [2.45, 2.75) is 78.2 Å². The van der Waals surface area contributed by atoms with Crippen LogP contribution in [0.3, 0.4) is 0 Å². The van der Waals surface area contributed by atoms with Gasteiger partial charge >= 0.3 is 0 Å². The molecule has 1 fully saturated rings. The fourth-order valence-corrected chi connectivity index (χ4v) is 4.50. The second kappa shape index (κ2) is 11.5. The number of likely N-dealkylation sites (tertiary alicyclic amines) is 1. The molecule has 1 heterocycles.